The van der Waals surface area contributed by atoms with Gasteiger partial charge in [-0.3, -0.25) is 9.78 Å². The molecular formula is C13H11F3N4O. The van der Waals surface area contributed by atoms with Crippen molar-refractivity contribution in [3.05, 3.63) is 47.9 Å². The van der Waals surface area contributed by atoms with Gasteiger partial charge in [0.05, 0.1) is 18.0 Å². The zero-order valence-electron chi connectivity index (χ0n) is 10.9. The Bertz CT molecular complexity index is 641. The number of amides is 1. The molecule has 0 unspecified atom stereocenters. The van der Waals surface area contributed by atoms with Crippen molar-refractivity contribution in [3.8, 4) is 0 Å². The van der Waals surface area contributed by atoms with Gasteiger partial charge in [0, 0.05) is 12.7 Å². The monoisotopic (exact) mass is 296 g/mol. The third-order valence-corrected chi connectivity index (χ3v) is 2.59. The standard InChI is InChI=1S/C13H11F3N4O/c1-17-11-7-18-6-10(20-11)12(21)19-9-4-2-8(3-5-9)13(14,15)16/h2-7H,1H3,(H,17,20)(H,19,21). The summed E-state index contributed by atoms with van der Waals surface area (Å²) in [6.07, 6.45) is -1.70. The van der Waals surface area contributed by atoms with E-state index in [1.54, 1.807) is 7.05 Å². The molecule has 8 heteroatoms. The number of benzene rings is 1. The van der Waals surface area contributed by atoms with Gasteiger partial charge in [-0.05, 0) is 24.3 Å². The molecule has 2 N–H and O–H groups in total. The van der Waals surface area contributed by atoms with Gasteiger partial charge in [-0.25, -0.2) is 4.98 Å². The second kappa shape index (κ2) is 5.78. The van der Waals surface area contributed by atoms with Crippen LogP contribution in [0.2, 0.25) is 0 Å². The van der Waals surface area contributed by atoms with Crippen LogP contribution in [0.25, 0.3) is 0 Å². The highest BCUT2D eigenvalue weighted by Gasteiger charge is 2.30. The molecule has 21 heavy (non-hydrogen) atoms. The fourth-order valence-electron chi connectivity index (χ4n) is 1.53. The molecule has 1 heterocycles. The van der Waals surface area contributed by atoms with Crippen molar-refractivity contribution in [1.82, 2.24) is 9.97 Å². The van der Waals surface area contributed by atoms with Crippen LogP contribution < -0.4 is 10.6 Å². The molecule has 0 saturated heterocycles. The largest absolute Gasteiger partial charge is 0.416 e. The number of carbonyl (C=O) groups is 1. The number of aromatic nitrogens is 2. The Morgan fingerprint density at radius 3 is 2.38 bits per heavy atom. The Hall–Kier alpha value is -2.64. The van der Waals surface area contributed by atoms with Crippen molar-refractivity contribution < 1.29 is 18.0 Å². The van der Waals surface area contributed by atoms with Crippen molar-refractivity contribution in [2.24, 2.45) is 0 Å². The predicted molar refractivity (Wildman–Crippen MR) is 71.0 cm³/mol. The summed E-state index contributed by atoms with van der Waals surface area (Å²) in [5, 5.41) is 5.18. The van der Waals surface area contributed by atoms with Crippen LogP contribution in [0.4, 0.5) is 24.7 Å². The van der Waals surface area contributed by atoms with Crippen molar-refractivity contribution in [2.75, 3.05) is 17.7 Å². The zero-order chi connectivity index (χ0) is 15.5. The fourth-order valence-corrected chi connectivity index (χ4v) is 1.53. The van der Waals surface area contributed by atoms with Crippen LogP contribution in [0, 0.1) is 0 Å². The first-order valence-corrected chi connectivity index (χ1v) is 5.88. The minimum absolute atomic E-state index is 0.0572. The fraction of sp³-hybridized carbons (Fsp3) is 0.154. The van der Waals surface area contributed by atoms with E-state index in [0.717, 1.165) is 12.1 Å². The summed E-state index contributed by atoms with van der Waals surface area (Å²) >= 11 is 0. The Morgan fingerprint density at radius 2 is 1.81 bits per heavy atom. The predicted octanol–water partition coefficient (Wildman–Crippen LogP) is 2.79. The Labute approximate surface area is 118 Å². The van der Waals surface area contributed by atoms with Crippen molar-refractivity contribution in [2.45, 2.75) is 6.18 Å². The first-order valence-electron chi connectivity index (χ1n) is 5.88. The third kappa shape index (κ3) is 3.68. The van der Waals surface area contributed by atoms with E-state index in [4.69, 9.17) is 0 Å². The molecular weight excluding hydrogens is 285 g/mol. The molecule has 0 bridgehead atoms. The first kappa shape index (κ1) is 14.8. The summed E-state index contributed by atoms with van der Waals surface area (Å²) in [6, 6.07) is 4.14. The highest BCUT2D eigenvalue weighted by molar-refractivity contribution is 6.02. The number of carbonyl (C=O) groups excluding carboxylic acids is 1. The molecule has 1 aromatic heterocycles. The molecule has 0 fully saturated rings. The van der Waals surface area contributed by atoms with Crippen LogP contribution in [0.1, 0.15) is 16.1 Å². The third-order valence-electron chi connectivity index (χ3n) is 2.59. The molecule has 0 radical (unpaired) electrons. The van der Waals surface area contributed by atoms with Crippen molar-refractivity contribution >= 4 is 17.4 Å². The Kier molecular flexibility index (Phi) is 4.06. The summed E-state index contributed by atoms with van der Waals surface area (Å²) in [4.78, 5) is 19.7. The summed E-state index contributed by atoms with van der Waals surface area (Å²) in [6.45, 7) is 0. The molecule has 0 spiro atoms. The van der Waals surface area contributed by atoms with E-state index < -0.39 is 17.6 Å². The van der Waals surface area contributed by atoms with Crippen LogP contribution in [-0.4, -0.2) is 22.9 Å². The molecule has 1 aromatic carbocycles. The van der Waals surface area contributed by atoms with E-state index in [-0.39, 0.29) is 11.4 Å². The quantitative estimate of drug-likeness (QED) is 0.914. The maximum atomic E-state index is 12.4. The van der Waals surface area contributed by atoms with E-state index >= 15 is 0 Å². The van der Waals surface area contributed by atoms with Crippen LogP contribution in [0.5, 0.6) is 0 Å². The lowest BCUT2D eigenvalue weighted by molar-refractivity contribution is -0.137. The van der Waals surface area contributed by atoms with Gasteiger partial charge >= 0.3 is 6.18 Å². The molecule has 1 amide bonds. The lowest BCUT2D eigenvalue weighted by Gasteiger charge is -2.08. The molecule has 5 nitrogen and oxygen atoms in total. The number of nitrogens with one attached hydrogen (secondary N) is 2. The van der Waals surface area contributed by atoms with E-state index in [1.807, 2.05) is 0 Å². The molecule has 0 aliphatic carbocycles. The van der Waals surface area contributed by atoms with E-state index in [1.165, 1.54) is 24.5 Å². The molecule has 2 rings (SSSR count). The number of halogens is 3. The number of anilines is 2. The number of hydrogen-bond donors (Lipinski definition) is 2. The van der Waals surface area contributed by atoms with E-state index in [2.05, 4.69) is 20.6 Å². The van der Waals surface area contributed by atoms with Gasteiger partial charge in [0.25, 0.3) is 5.91 Å². The average Bonchev–Trinajstić information content (AvgIpc) is 2.47. The van der Waals surface area contributed by atoms with Gasteiger partial charge in [0.2, 0.25) is 0 Å². The smallest absolute Gasteiger partial charge is 0.372 e. The zero-order valence-corrected chi connectivity index (χ0v) is 10.9. The SMILES string of the molecule is CNc1cncc(C(=O)Nc2ccc(C(F)(F)F)cc2)n1. The Morgan fingerprint density at radius 1 is 1.14 bits per heavy atom. The summed E-state index contributed by atoms with van der Waals surface area (Å²) in [5.41, 5.74) is -0.483. The van der Waals surface area contributed by atoms with Gasteiger partial charge in [-0.1, -0.05) is 0 Å². The Balaban J connectivity index is 2.12. The minimum atomic E-state index is -4.41. The second-order valence-electron chi connectivity index (χ2n) is 4.07. The van der Waals surface area contributed by atoms with Crippen LogP contribution in [0.3, 0.4) is 0 Å². The molecule has 0 aliphatic rings. The van der Waals surface area contributed by atoms with E-state index in [9.17, 15) is 18.0 Å². The highest BCUT2D eigenvalue weighted by Crippen LogP contribution is 2.29. The molecule has 0 atom stereocenters. The van der Waals surface area contributed by atoms with Crippen LogP contribution >= 0.6 is 0 Å². The summed E-state index contributed by atoms with van der Waals surface area (Å²) < 4.78 is 37.3. The van der Waals surface area contributed by atoms with Crippen molar-refractivity contribution in [1.29, 1.82) is 0 Å². The normalized spacial score (nSPS) is 11.0. The average molecular weight is 296 g/mol. The van der Waals surface area contributed by atoms with Gasteiger partial charge in [-0.15, -0.1) is 0 Å². The molecule has 0 saturated carbocycles. The number of nitrogens with zero attached hydrogens (tertiary/aromatic N) is 2. The van der Waals surface area contributed by atoms with E-state index in [0.29, 0.717) is 5.82 Å². The highest BCUT2D eigenvalue weighted by atomic mass is 19.4. The first-order chi connectivity index (χ1) is 9.90. The van der Waals surface area contributed by atoms with Gasteiger partial charge < -0.3 is 10.6 Å². The molecule has 2 aromatic rings. The summed E-state index contributed by atoms with van der Waals surface area (Å²) in [7, 11) is 1.63. The van der Waals surface area contributed by atoms with Crippen LogP contribution in [-0.2, 0) is 6.18 Å². The second-order valence-corrected chi connectivity index (χ2v) is 4.07. The van der Waals surface area contributed by atoms with Crippen molar-refractivity contribution in [3.63, 3.8) is 0 Å². The number of hydrogen-bond acceptors (Lipinski definition) is 4. The lowest BCUT2D eigenvalue weighted by Crippen LogP contribution is -2.15. The van der Waals surface area contributed by atoms with Crippen LogP contribution in [0.15, 0.2) is 36.7 Å². The minimum Gasteiger partial charge on any atom is -0.372 e. The number of rotatable bonds is 3. The van der Waals surface area contributed by atoms with Gasteiger partial charge in [0.15, 0.2) is 0 Å². The molecule has 0 aliphatic heterocycles. The number of alkyl halides is 3. The van der Waals surface area contributed by atoms with Gasteiger partial charge in [-0.2, -0.15) is 13.2 Å². The molecule has 110 valence electrons. The maximum absolute atomic E-state index is 12.4. The van der Waals surface area contributed by atoms with Gasteiger partial charge in [0.1, 0.15) is 11.5 Å². The topological polar surface area (TPSA) is 66.9 Å². The summed E-state index contributed by atoms with van der Waals surface area (Å²) in [5.74, 6) is -0.144. The maximum Gasteiger partial charge on any atom is 0.416 e. The lowest BCUT2D eigenvalue weighted by atomic mass is 10.2.